The third kappa shape index (κ3) is 3.22. The minimum absolute atomic E-state index is 0.0709. The molecular formula is C13H21NO4. The number of amides is 1. The number of carbonyl (C=O) groups excluding carboxylic acids is 1. The molecule has 0 spiro atoms. The first kappa shape index (κ1) is 13.3. The lowest BCUT2D eigenvalue weighted by Crippen LogP contribution is -2.41. The van der Waals surface area contributed by atoms with Gasteiger partial charge in [0, 0.05) is 13.2 Å². The summed E-state index contributed by atoms with van der Waals surface area (Å²) in [4.78, 5) is 22.9. The smallest absolute Gasteiger partial charge is 0.306 e. The van der Waals surface area contributed by atoms with Crippen LogP contribution in [0, 0.1) is 11.8 Å². The molecule has 5 nitrogen and oxygen atoms in total. The maximum atomic E-state index is 11.8. The highest BCUT2D eigenvalue weighted by atomic mass is 16.5. The molecule has 5 heteroatoms. The van der Waals surface area contributed by atoms with Crippen molar-refractivity contribution in [3.8, 4) is 0 Å². The zero-order chi connectivity index (χ0) is 13.0. The second kappa shape index (κ2) is 6.18. The van der Waals surface area contributed by atoms with Gasteiger partial charge >= 0.3 is 5.97 Å². The summed E-state index contributed by atoms with van der Waals surface area (Å²) >= 11 is 0. The zero-order valence-corrected chi connectivity index (χ0v) is 10.6. The molecule has 0 aromatic carbocycles. The summed E-state index contributed by atoms with van der Waals surface area (Å²) in [6.45, 7) is 1.12. The Morgan fingerprint density at radius 2 is 1.94 bits per heavy atom. The van der Waals surface area contributed by atoms with Crippen LogP contribution in [-0.4, -0.2) is 36.2 Å². The lowest BCUT2D eigenvalue weighted by atomic mass is 9.79. The molecule has 0 bridgehead atoms. The average molecular weight is 255 g/mol. The number of carboxylic acids is 1. The first-order chi connectivity index (χ1) is 8.68. The Morgan fingerprint density at radius 1 is 1.17 bits per heavy atom. The fourth-order valence-corrected chi connectivity index (χ4v) is 2.91. The Hall–Kier alpha value is -1.10. The summed E-state index contributed by atoms with van der Waals surface area (Å²) in [6, 6.07) is 0. The first-order valence-corrected chi connectivity index (χ1v) is 6.80. The van der Waals surface area contributed by atoms with Crippen molar-refractivity contribution in [1.82, 2.24) is 5.32 Å². The highest BCUT2D eigenvalue weighted by Crippen LogP contribution is 2.29. The third-order valence-corrected chi connectivity index (χ3v) is 3.99. The van der Waals surface area contributed by atoms with Gasteiger partial charge in [0.1, 0.15) is 6.10 Å². The van der Waals surface area contributed by atoms with E-state index in [-0.39, 0.29) is 23.8 Å². The Balaban J connectivity index is 1.80. The van der Waals surface area contributed by atoms with Crippen molar-refractivity contribution < 1.29 is 19.4 Å². The molecule has 18 heavy (non-hydrogen) atoms. The Morgan fingerprint density at radius 3 is 2.61 bits per heavy atom. The van der Waals surface area contributed by atoms with Crippen LogP contribution in [-0.2, 0) is 14.3 Å². The lowest BCUT2D eigenvalue weighted by Gasteiger charge is -2.28. The predicted octanol–water partition coefficient (Wildman–Crippen LogP) is 1.17. The van der Waals surface area contributed by atoms with Gasteiger partial charge in [0.15, 0.2) is 0 Å². The second-order valence-corrected chi connectivity index (χ2v) is 5.24. The fourth-order valence-electron chi connectivity index (χ4n) is 2.91. The van der Waals surface area contributed by atoms with Crippen molar-refractivity contribution in [2.45, 2.75) is 44.6 Å². The maximum absolute atomic E-state index is 11.8. The van der Waals surface area contributed by atoms with Gasteiger partial charge in [-0.05, 0) is 31.6 Å². The minimum atomic E-state index is -0.730. The van der Waals surface area contributed by atoms with Gasteiger partial charge in [0.25, 0.3) is 0 Å². The van der Waals surface area contributed by atoms with Crippen LogP contribution in [0.5, 0.6) is 0 Å². The third-order valence-electron chi connectivity index (χ3n) is 3.99. The number of carbonyl (C=O) groups is 2. The van der Waals surface area contributed by atoms with E-state index in [0.29, 0.717) is 13.2 Å². The molecule has 3 atom stereocenters. The number of hydrogen-bond donors (Lipinski definition) is 2. The molecule has 1 saturated heterocycles. The van der Waals surface area contributed by atoms with Gasteiger partial charge in [0.05, 0.1) is 5.92 Å². The van der Waals surface area contributed by atoms with Gasteiger partial charge in [-0.3, -0.25) is 9.59 Å². The quantitative estimate of drug-likeness (QED) is 0.790. The fraction of sp³-hybridized carbons (Fsp3) is 0.846. The molecule has 2 rings (SSSR count). The van der Waals surface area contributed by atoms with Crippen LogP contribution >= 0.6 is 0 Å². The molecule has 0 aromatic rings. The first-order valence-electron chi connectivity index (χ1n) is 6.80. The van der Waals surface area contributed by atoms with Crippen molar-refractivity contribution in [3.05, 3.63) is 0 Å². The van der Waals surface area contributed by atoms with Crippen molar-refractivity contribution in [2.75, 3.05) is 13.2 Å². The molecule has 1 aliphatic heterocycles. The van der Waals surface area contributed by atoms with Crippen LogP contribution in [0.1, 0.15) is 38.5 Å². The number of hydrogen-bond acceptors (Lipinski definition) is 3. The molecule has 1 aliphatic carbocycles. The maximum Gasteiger partial charge on any atom is 0.306 e. The molecule has 1 unspecified atom stereocenters. The van der Waals surface area contributed by atoms with Crippen LogP contribution in [0.4, 0.5) is 0 Å². The van der Waals surface area contributed by atoms with Gasteiger partial charge in [-0.2, -0.15) is 0 Å². The van der Waals surface area contributed by atoms with Gasteiger partial charge in [0.2, 0.25) is 5.91 Å². The van der Waals surface area contributed by atoms with Crippen LogP contribution < -0.4 is 5.32 Å². The van der Waals surface area contributed by atoms with E-state index in [0.717, 1.165) is 38.5 Å². The Labute approximate surface area is 107 Å². The van der Waals surface area contributed by atoms with E-state index in [4.69, 9.17) is 9.84 Å². The molecule has 102 valence electrons. The molecule has 2 aliphatic rings. The summed E-state index contributed by atoms with van der Waals surface area (Å²) in [6.07, 6.45) is 5.05. The van der Waals surface area contributed by atoms with Crippen LogP contribution in [0.25, 0.3) is 0 Å². The second-order valence-electron chi connectivity index (χ2n) is 5.24. The van der Waals surface area contributed by atoms with Gasteiger partial charge in [-0.1, -0.05) is 12.8 Å². The number of ether oxygens (including phenoxy) is 1. The predicted molar refractivity (Wildman–Crippen MR) is 65.1 cm³/mol. The highest BCUT2D eigenvalue weighted by molar-refractivity contribution is 5.81. The van der Waals surface area contributed by atoms with Crippen LogP contribution in [0.15, 0.2) is 0 Å². The van der Waals surface area contributed by atoms with E-state index in [2.05, 4.69) is 5.32 Å². The van der Waals surface area contributed by atoms with Crippen molar-refractivity contribution in [3.63, 3.8) is 0 Å². The van der Waals surface area contributed by atoms with E-state index >= 15 is 0 Å². The van der Waals surface area contributed by atoms with E-state index < -0.39 is 5.97 Å². The van der Waals surface area contributed by atoms with Crippen molar-refractivity contribution in [1.29, 1.82) is 0 Å². The monoisotopic (exact) mass is 255 g/mol. The normalized spacial score (nSPS) is 32.1. The summed E-state index contributed by atoms with van der Waals surface area (Å²) in [5.41, 5.74) is 0. The lowest BCUT2D eigenvalue weighted by molar-refractivity contribution is -0.145. The van der Waals surface area contributed by atoms with Crippen molar-refractivity contribution >= 4 is 11.9 Å². The van der Waals surface area contributed by atoms with E-state index in [1.54, 1.807) is 0 Å². The zero-order valence-electron chi connectivity index (χ0n) is 10.6. The van der Waals surface area contributed by atoms with Gasteiger partial charge in [-0.15, -0.1) is 0 Å². The van der Waals surface area contributed by atoms with E-state index in [1.807, 2.05) is 0 Å². The number of aliphatic carboxylic acids is 1. The standard InChI is InChI=1S/C13H21NO4/c15-12(11-6-3-7-18-11)14-8-9-4-1-2-5-10(9)13(16)17/h9-11H,1-8H2,(H,14,15)(H,16,17)/t9-,10-,11?/m0/s1. The Bertz CT molecular complexity index is 312. The molecule has 2 N–H and O–H groups in total. The molecule has 1 saturated carbocycles. The summed E-state index contributed by atoms with van der Waals surface area (Å²) in [5.74, 6) is -1.04. The topological polar surface area (TPSA) is 75.6 Å². The van der Waals surface area contributed by atoms with Gasteiger partial charge < -0.3 is 15.2 Å². The molecule has 0 radical (unpaired) electrons. The molecular weight excluding hydrogens is 234 g/mol. The Kier molecular flexibility index (Phi) is 4.58. The van der Waals surface area contributed by atoms with Crippen LogP contribution in [0.3, 0.4) is 0 Å². The molecule has 1 heterocycles. The SMILES string of the molecule is O=C(NC[C@@H]1CCCC[C@@H]1C(=O)O)C1CCCO1. The van der Waals surface area contributed by atoms with Crippen molar-refractivity contribution in [2.24, 2.45) is 11.8 Å². The number of carboxylic acid groups (broad SMARTS) is 1. The van der Waals surface area contributed by atoms with E-state index in [1.165, 1.54) is 0 Å². The molecule has 2 fully saturated rings. The van der Waals surface area contributed by atoms with E-state index in [9.17, 15) is 9.59 Å². The molecule has 1 amide bonds. The summed E-state index contributed by atoms with van der Waals surface area (Å²) in [7, 11) is 0. The molecule has 0 aromatic heterocycles. The average Bonchev–Trinajstić information content (AvgIpc) is 2.90. The van der Waals surface area contributed by atoms with Crippen LogP contribution in [0.2, 0.25) is 0 Å². The number of rotatable bonds is 4. The highest BCUT2D eigenvalue weighted by Gasteiger charge is 2.32. The largest absolute Gasteiger partial charge is 0.481 e. The summed E-state index contributed by atoms with van der Waals surface area (Å²) < 4.78 is 5.30. The van der Waals surface area contributed by atoms with Gasteiger partial charge in [-0.25, -0.2) is 0 Å². The number of nitrogens with one attached hydrogen (secondary N) is 1. The summed E-state index contributed by atoms with van der Waals surface area (Å²) in [5, 5.41) is 12.0. The minimum Gasteiger partial charge on any atom is -0.481 e.